The molecule has 2 nitrogen and oxygen atoms in total. The average molecular weight is 168 g/mol. The van der Waals surface area contributed by atoms with E-state index in [1.807, 2.05) is 0 Å². The van der Waals surface area contributed by atoms with Gasteiger partial charge in [0.1, 0.15) is 0 Å². The first-order chi connectivity index (χ1) is 5.86. The predicted octanol–water partition coefficient (Wildman–Crippen LogP) is 1.22. The zero-order valence-electron chi connectivity index (χ0n) is 8.05. The van der Waals surface area contributed by atoms with Crippen molar-refractivity contribution >= 4 is 0 Å². The molecule has 1 N–H and O–H groups in total. The maximum Gasteiger partial charge on any atom is 0.0195 e. The van der Waals surface area contributed by atoms with Gasteiger partial charge >= 0.3 is 0 Å². The SMILES string of the molecule is CN(C[C@H]1CCCN1)C1CCC1. The maximum absolute atomic E-state index is 3.55. The fraction of sp³-hybridized carbons (Fsp3) is 1.00. The molecule has 1 saturated heterocycles. The zero-order valence-corrected chi connectivity index (χ0v) is 8.05. The zero-order chi connectivity index (χ0) is 8.39. The Morgan fingerprint density at radius 1 is 1.25 bits per heavy atom. The third-order valence-corrected chi connectivity index (χ3v) is 3.37. The van der Waals surface area contributed by atoms with Crippen molar-refractivity contribution in [2.45, 2.75) is 44.2 Å². The molecule has 0 aromatic heterocycles. The second kappa shape index (κ2) is 3.75. The third-order valence-electron chi connectivity index (χ3n) is 3.37. The standard InChI is InChI=1S/C10H20N2/c1-12(10-5-2-6-10)8-9-4-3-7-11-9/h9-11H,2-8H2,1H3/t9-/m1/s1. The predicted molar refractivity (Wildman–Crippen MR) is 51.3 cm³/mol. The molecule has 2 rings (SSSR count). The summed E-state index contributed by atoms with van der Waals surface area (Å²) in [5, 5.41) is 3.55. The van der Waals surface area contributed by atoms with Crippen LogP contribution >= 0.6 is 0 Å². The number of nitrogens with one attached hydrogen (secondary N) is 1. The number of nitrogens with zero attached hydrogens (tertiary/aromatic N) is 1. The normalized spacial score (nSPS) is 31.0. The summed E-state index contributed by atoms with van der Waals surface area (Å²) in [6.07, 6.45) is 7.08. The molecule has 1 aliphatic heterocycles. The van der Waals surface area contributed by atoms with Crippen LogP contribution in [-0.2, 0) is 0 Å². The van der Waals surface area contributed by atoms with E-state index in [0.29, 0.717) is 0 Å². The minimum absolute atomic E-state index is 0.788. The van der Waals surface area contributed by atoms with Gasteiger partial charge in [0.2, 0.25) is 0 Å². The molecule has 1 aliphatic carbocycles. The Morgan fingerprint density at radius 2 is 2.08 bits per heavy atom. The Kier molecular flexibility index (Phi) is 2.66. The Hall–Kier alpha value is -0.0800. The summed E-state index contributed by atoms with van der Waals surface area (Å²) in [4.78, 5) is 2.55. The molecule has 0 aromatic carbocycles. The summed E-state index contributed by atoms with van der Waals surface area (Å²) in [5.74, 6) is 0. The molecule has 12 heavy (non-hydrogen) atoms. The number of rotatable bonds is 3. The third kappa shape index (κ3) is 1.80. The molecular formula is C10H20N2. The minimum atomic E-state index is 0.788. The van der Waals surface area contributed by atoms with Crippen molar-refractivity contribution in [2.75, 3.05) is 20.1 Å². The molecule has 2 heteroatoms. The monoisotopic (exact) mass is 168 g/mol. The van der Waals surface area contributed by atoms with E-state index in [-0.39, 0.29) is 0 Å². The van der Waals surface area contributed by atoms with E-state index < -0.39 is 0 Å². The minimum Gasteiger partial charge on any atom is -0.313 e. The van der Waals surface area contributed by atoms with Crippen molar-refractivity contribution in [3.05, 3.63) is 0 Å². The Labute approximate surface area is 75.3 Å². The Bertz CT molecular complexity index is 137. The van der Waals surface area contributed by atoms with Gasteiger partial charge in [-0.15, -0.1) is 0 Å². The lowest BCUT2D eigenvalue weighted by molar-refractivity contribution is 0.148. The van der Waals surface area contributed by atoms with Crippen LogP contribution in [-0.4, -0.2) is 37.1 Å². The summed E-state index contributed by atoms with van der Waals surface area (Å²) in [6, 6.07) is 1.70. The van der Waals surface area contributed by atoms with Gasteiger partial charge in [0.15, 0.2) is 0 Å². The summed E-state index contributed by atoms with van der Waals surface area (Å²) in [5.41, 5.74) is 0. The number of hydrogen-bond acceptors (Lipinski definition) is 2. The summed E-state index contributed by atoms with van der Waals surface area (Å²) >= 11 is 0. The van der Waals surface area contributed by atoms with Crippen molar-refractivity contribution in [1.82, 2.24) is 10.2 Å². The Morgan fingerprint density at radius 3 is 2.58 bits per heavy atom. The molecule has 0 amide bonds. The van der Waals surface area contributed by atoms with E-state index in [9.17, 15) is 0 Å². The molecule has 0 unspecified atom stereocenters. The van der Waals surface area contributed by atoms with Crippen LogP contribution in [0.4, 0.5) is 0 Å². The summed E-state index contributed by atoms with van der Waals surface area (Å²) in [6.45, 7) is 2.51. The van der Waals surface area contributed by atoms with Gasteiger partial charge in [-0.3, -0.25) is 0 Å². The number of hydrogen-bond donors (Lipinski definition) is 1. The molecule has 0 spiro atoms. The van der Waals surface area contributed by atoms with Gasteiger partial charge in [-0.05, 0) is 39.3 Å². The van der Waals surface area contributed by atoms with E-state index in [0.717, 1.165) is 12.1 Å². The van der Waals surface area contributed by atoms with Crippen molar-refractivity contribution < 1.29 is 0 Å². The second-order valence-corrected chi connectivity index (χ2v) is 4.32. The second-order valence-electron chi connectivity index (χ2n) is 4.32. The van der Waals surface area contributed by atoms with Crippen molar-refractivity contribution in [1.29, 1.82) is 0 Å². The summed E-state index contributed by atoms with van der Waals surface area (Å²) < 4.78 is 0. The van der Waals surface area contributed by atoms with Gasteiger partial charge in [-0.2, -0.15) is 0 Å². The van der Waals surface area contributed by atoms with E-state index in [1.165, 1.54) is 45.2 Å². The molecule has 1 atom stereocenters. The lowest BCUT2D eigenvalue weighted by atomic mass is 9.91. The van der Waals surface area contributed by atoms with Crippen molar-refractivity contribution in [2.24, 2.45) is 0 Å². The molecule has 0 aromatic rings. The van der Waals surface area contributed by atoms with Crippen LogP contribution in [0.25, 0.3) is 0 Å². The van der Waals surface area contributed by atoms with Crippen LogP contribution in [0.3, 0.4) is 0 Å². The van der Waals surface area contributed by atoms with Crippen molar-refractivity contribution in [3.8, 4) is 0 Å². The molecule has 2 fully saturated rings. The first kappa shape index (κ1) is 8.52. The van der Waals surface area contributed by atoms with Gasteiger partial charge in [0.25, 0.3) is 0 Å². The van der Waals surface area contributed by atoms with E-state index >= 15 is 0 Å². The van der Waals surface area contributed by atoms with E-state index in [4.69, 9.17) is 0 Å². The molecule has 0 bridgehead atoms. The lowest BCUT2D eigenvalue weighted by Gasteiger charge is -2.36. The smallest absolute Gasteiger partial charge is 0.0195 e. The van der Waals surface area contributed by atoms with Crippen LogP contribution in [0.15, 0.2) is 0 Å². The van der Waals surface area contributed by atoms with Crippen LogP contribution in [0, 0.1) is 0 Å². The fourth-order valence-electron chi connectivity index (χ4n) is 2.24. The van der Waals surface area contributed by atoms with Gasteiger partial charge < -0.3 is 10.2 Å². The molecule has 70 valence electrons. The highest BCUT2D eigenvalue weighted by Gasteiger charge is 2.24. The fourth-order valence-corrected chi connectivity index (χ4v) is 2.24. The highest BCUT2D eigenvalue weighted by atomic mass is 15.2. The highest BCUT2D eigenvalue weighted by molar-refractivity contribution is 4.83. The number of likely N-dealkylation sites (N-methyl/N-ethyl adjacent to an activating group) is 1. The van der Waals surface area contributed by atoms with E-state index in [2.05, 4.69) is 17.3 Å². The molecule has 1 saturated carbocycles. The van der Waals surface area contributed by atoms with Crippen LogP contribution < -0.4 is 5.32 Å². The Balaban J connectivity index is 1.69. The molecule has 1 heterocycles. The van der Waals surface area contributed by atoms with Gasteiger partial charge in [0, 0.05) is 18.6 Å². The topological polar surface area (TPSA) is 15.3 Å². The molecule has 2 aliphatic rings. The highest BCUT2D eigenvalue weighted by Crippen LogP contribution is 2.24. The van der Waals surface area contributed by atoms with E-state index in [1.54, 1.807) is 0 Å². The lowest BCUT2D eigenvalue weighted by Crippen LogP contribution is -2.43. The first-order valence-electron chi connectivity index (χ1n) is 5.30. The van der Waals surface area contributed by atoms with Crippen LogP contribution in [0.5, 0.6) is 0 Å². The van der Waals surface area contributed by atoms with Crippen molar-refractivity contribution in [3.63, 3.8) is 0 Å². The van der Waals surface area contributed by atoms with Gasteiger partial charge in [-0.25, -0.2) is 0 Å². The quantitative estimate of drug-likeness (QED) is 0.681. The summed E-state index contributed by atoms with van der Waals surface area (Å²) in [7, 11) is 2.28. The molecular weight excluding hydrogens is 148 g/mol. The first-order valence-corrected chi connectivity index (χ1v) is 5.30. The van der Waals surface area contributed by atoms with Crippen LogP contribution in [0.1, 0.15) is 32.1 Å². The van der Waals surface area contributed by atoms with Gasteiger partial charge in [0.05, 0.1) is 0 Å². The maximum atomic E-state index is 3.55. The largest absolute Gasteiger partial charge is 0.313 e. The average Bonchev–Trinajstić information content (AvgIpc) is 2.34. The van der Waals surface area contributed by atoms with Crippen LogP contribution in [0.2, 0.25) is 0 Å². The van der Waals surface area contributed by atoms with Gasteiger partial charge in [-0.1, -0.05) is 6.42 Å². The molecule has 0 radical (unpaired) electrons.